The summed E-state index contributed by atoms with van der Waals surface area (Å²) >= 11 is 0. The van der Waals surface area contributed by atoms with Gasteiger partial charge in [-0.15, -0.1) is 0 Å². The normalized spacial score (nSPS) is 14.7. The van der Waals surface area contributed by atoms with Crippen LogP contribution in [0.25, 0.3) is 0 Å². The van der Waals surface area contributed by atoms with E-state index in [0.717, 1.165) is 5.70 Å². The van der Waals surface area contributed by atoms with Gasteiger partial charge in [-0.1, -0.05) is 0 Å². The van der Waals surface area contributed by atoms with Gasteiger partial charge in [-0.3, -0.25) is 0 Å². The maximum atomic E-state index is 10.9. The molecule has 0 atom stereocenters. The van der Waals surface area contributed by atoms with E-state index in [9.17, 15) is 4.79 Å². The first-order valence-electron chi connectivity index (χ1n) is 4.06. The Kier molecular flexibility index (Phi) is 3.63. The highest BCUT2D eigenvalue weighted by molar-refractivity contribution is 5.82. The molecular weight excluding hydrogens is 168 g/mol. The summed E-state index contributed by atoms with van der Waals surface area (Å²) in [6.45, 7) is 2.17. The summed E-state index contributed by atoms with van der Waals surface area (Å²) in [4.78, 5) is 10.9. The number of hydrogen-bond acceptors (Lipinski definition) is 4. The molecule has 1 aliphatic heterocycles. The summed E-state index contributed by atoms with van der Waals surface area (Å²) in [6.07, 6.45) is 8.45. The minimum atomic E-state index is -0.334. The number of carbonyl (C=O) groups is 1. The van der Waals surface area contributed by atoms with Gasteiger partial charge in [0.2, 0.25) is 0 Å². The fourth-order valence-corrected chi connectivity index (χ4v) is 0.812. The summed E-state index contributed by atoms with van der Waals surface area (Å²) in [5, 5.41) is 0. The van der Waals surface area contributed by atoms with Crippen molar-refractivity contribution in [2.75, 3.05) is 6.61 Å². The van der Waals surface area contributed by atoms with Gasteiger partial charge in [0.15, 0.2) is 0 Å². The third-order valence-electron chi connectivity index (χ3n) is 1.36. The second kappa shape index (κ2) is 5.03. The van der Waals surface area contributed by atoms with Crippen molar-refractivity contribution in [2.24, 2.45) is 0 Å². The second-order valence-electron chi connectivity index (χ2n) is 2.34. The van der Waals surface area contributed by atoms with E-state index >= 15 is 0 Å². The van der Waals surface area contributed by atoms with Crippen LogP contribution in [-0.2, 0) is 9.53 Å². The van der Waals surface area contributed by atoms with Crippen LogP contribution in [0.5, 0.6) is 0 Å². The van der Waals surface area contributed by atoms with Gasteiger partial charge in [0.25, 0.3) is 0 Å². The van der Waals surface area contributed by atoms with Gasteiger partial charge in [0.1, 0.15) is 0 Å². The van der Waals surface area contributed by atoms with Crippen LogP contribution in [0.1, 0.15) is 6.92 Å². The predicted molar refractivity (Wildman–Crippen MR) is 49.3 cm³/mol. The number of carbonyl (C=O) groups excluding carboxylic acids is 1. The van der Waals surface area contributed by atoms with Crippen molar-refractivity contribution in [3.63, 3.8) is 0 Å². The lowest BCUT2D eigenvalue weighted by Gasteiger charge is -2.08. The smallest absolute Gasteiger partial charge is 0.330 e. The van der Waals surface area contributed by atoms with Gasteiger partial charge < -0.3 is 15.6 Å². The average Bonchev–Trinajstić information content (AvgIpc) is 2.17. The monoisotopic (exact) mass is 180 g/mol. The largest absolute Gasteiger partial charge is 0.463 e. The lowest BCUT2D eigenvalue weighted by atomic mass is 10.3. The zero-order valence-corrected chi connectivity index (χ0v) is 7.41. The molecule has 0 radical (unpaired) electrons. The van der Waals surface area contributed by atoms with Crippen LogP contribution in [0.2, 0.25) is 0 Å². The number of nitrogens with one attached hydrogen (secondary N) is 2. The standard InChI is InChI=1S/C9H12N2O2/c1-2-13-9(12)6-5-8-4-3-7-10-11-8/h3-7,10-11H,2H2,1H3/b6-5+. The molecule has 0 bridgehead atoms. The molecule has 70 valence electrons. The molecular formula is C9H12N2O2. The van der Waals surface area contributed by atoms with Crippen molar-refractivity contribution in [1.29, 1.82) is 0 Å². The maximum absolute atomic E-state index is 10.9. The molecule has 0 aromatic rings. The van der Waals surface area contributed by atoms with E-state index in [4.69, 9.17) is 4.74 Å². The van der Waals surface area contributed by atoms with E-state index in [-0.39, 0.29) is 5.97 Å². The molecule has 0 unspecified atom stereocenters. The Morgan fingerprint density at radius 2 is 2.54 bits per heavy atom. The van der Waals surface area contributed by atoms with Crippen molar-refractivity contribution >= 4 is 5.97 Å². The maximum Gasteiger partial charge on any atom is 0.330 e. The first-order valence-corrected chi connectivity index (χ1v) is 4.06. The molecule has 4 heteroatoms. The Hall–Kier alpha value is -1.71. The van der Waals surface area contributed by atoms with Crippen LogP contribution in [0.3, 0.4) is 0 Å². The first-order chi connectivity index (χ1) is 6.33. The number of esters is 1. The number of hydrogen-bond donors (Lipinski definition) is 2. The second-order valence-corrected chi connectivity index (χ2v) is 2.34. The molecule has 0 saturated heterocycles. The number of hydrazine groups is 1. The van der Waals surface area contributed by atoms with Gasteiger partial charge >= 0.3 is 5.97 Å². The summed E-state index contributed by atoms with van der Waals surface area (Å²) < 4.78 is 4.71. The Balaban J connectivity index is 2.42. The Bertz CT molecular complexity index is 267. The van der Waals surface area contributed by atoms with Crippen LogP contribution in [0, 0.1) is 0 Å². The van der Waals surface area contributed by atoms with Crippen molar-refractivity contribution < 1.29 is 9.53 Å². The number of allylic oxidation sites excluding steroid dienone is 3. The van der Waals surface area contributed by atoms with Crippen LogP contribution in [0.4, 0.5) is 0 Å². The van der Waals surface area contributed by atoms with Crippen LogP contribution >= 0.6 is 0 Å². The van der Waals surface area contributed by atoms with Gasteiger partial charge in [-0.2, -0.15) is 0 Å². The molecule has 0 aromatic heterocycles. The van der Waals surface area contributed by atoms with Crippen LogP contribution in [-0.4, -0.2) is 12.6 Å². The topological polar surface area (TPSA) is 50.4 Å². The van der Waals surface area contributed by atoms with Crippen molar-refractivity contribution in [3.8, 4) is 0 Å². The van der Waals surface area contributed by atoms with Crippen molar-refractivity contribution in [2.45, 2.75) is 6.92 Å². The van der Waals surface area contributed by atoms with E-state index in [1.165, 1.54) is 6.08 Å². The zero-order valence-electron chi connectivity index (χ0n) is 7.41. The highest BCUT2D eigenvalue weighted by Crippen LogP contribution is 1.95. The zero-order chi connectivity index (χ0) is 9.52. The first kappa shape index (κ1) is 9.38. The predicted octanol–water partition coefficient (Wildman–Crippen LogP) is 0.611. The van der Waals surface area contributed by atoms with E-state index in [1.54, 1.807) is 19.2 Å². The third-order valence-corrected chi connectivity index (χ3v) is 1.36. The van der Waals surface area contributed by atoms with Gasteiger partial charge in [0.05, 0.1) is 12.3 Å². The summed E-state index contributed by atoms with van der Waals surface area (Å²) in [5.41, 5.74) is 6.45. The number of rotatable bonds is 3. The molecule has 0 fully saturated rings. The fourth-order valence-electron chi connectivity index (χ4n) is 0.812. The Morgan fingerprint density at radius 1 is 1.69 bits per heavy atom. The van der Waals surface area contributed by atoms with Gasteiger partial charge in [0, 0.05) is 12.3 Å². The molecule has 0 aromatic carbocycles. The molecule has 13 heavy (non-hydrogen) atoms. The highest BCUT2D eigenvalue weighted by Gasteiger charge is 1.95. The molecule has 4 nitrogen and oxygen atoms in total. The quantitative estimate of drug-likeness (QED) is 0.493. The van der Waals surface area contributed by atoms with E-state index in [0.29, 0.717) is 6.61 Å². The van der Waals surface area contributed by atoms with E-state index < -0.39 is 0 Å². The molecule has 0 saturated carbocycles. The van der Waals surface area contributed by atoms with Crippen molar-refractivity contribution in [1.82, 2.24) is 10.9 Å². The molecule has 1 aliphatic rings. The van der Waals surface area contributed by atoms with Crippen molar-refractivity contribution in [3.05, 3.63) is 36.2 Å². The van der Waals surface area contributed by atoms with Gasteiger partial charge in [-0.05, 0) is 25.2 Å². The molecule has 0 aliphatic carbocycles. The molecule has 1 heterocycles. The van der Waals surface area contributed by atoms with Crippen LogP contribution < -0.4 is 10.9 Å². The fraction of sp³-hybridized carbons (Fsp3) is 0.222. The summed E-state index contributed by atoms with van der Waals surface area (Å²) in [6, 6.07) is 0. The lowest BCUT2D eigenvalue weighted by Crippen LogP contribution is -2.27. The minimum Gasteiger partial charge on any atom is -0.463 e. The SMILES string of the molecule is CCOC(=O)/C=C/C1=CC=CNN1. The van der Waals surface area contributed by atoms with Gasteiger partial charge in [-0.25, -0.2) is 4.79 Å². The van der Waals surface area contributed by atoms with E-state index in [1.807, 2.05) is 12.2 Å². The molecule has 0 spiro atoms. The number of ether oxygens (including phenoxy) is 1. The Morgan fingerprint density at radius 3 is 3.15 bits per heavy atom. The summed E-state index contributed by atoms with van der Waals surface area (Å²) in [5.74, 6) is -0.334. The molecule has 0 amide bonds. The molecule has 2 N–H and O–H groups in total. The minimum absolute atomic E-state index is 0.334. The summed E-state index contributed by atoms with van der Waals surface area (Å²) in [7, 11) is 0. The molecule has 1 rings (SSSR count). The average molecular weight is 180 g/mol. The third kappa shape index (κ3) is 3.46. The lowest BCUT2D eigenvalue weighted by molar-refractivity contribution is -0.137. The highest BCUT2D eigenvalue weighted by atomic mass is 16.5. The van der Waals surface area contributed by atoms with Crippen LogP contribution in [0.15, 0.2) is 36.2 Å². The van der Waals surface area contributed by atoms with E-state index in [2.05, 4.69) is 10.9 Å². The Labute approximate surface area is 76.9 Å².